The van der Waals surface area contributed by atoms with Gasteiger partial charge in [0.15, 0.2) is 0 Å². The average molecular weight is 651 g/mol. The number of hydrogen-bond donors (Lipinski definition) is 3. The number of nitrogens with two attached hydrogens (primary N) is 1. The first kappa shape index (κ1) is 32.0. The first-order valence-corrected chi connectivity index (χ1v) is 16.1. The maximum absolute atomic E-state index is 15.7. The number of halogens is 4. The number of benzene rings is 2. The topological polar surface area (TPSA) is 124 Å². The van der Waals surface area contributed by atoms with Crippen molar-refractivity contribution in [2.45, 2.75) is 62.4 Å². The Hall–Kier alpha value is -3.39. The van der Waals surface area contributed by atoms with Gasteiger partial charge < -0.3 is 15.8 Å². The Morgan fingerprint density at radius 1 is 1.11 bits per heavy atom. The Balaban J connectivity index is 1.52. The molecule has 2 heterocycles. The number of hydrogen-bond acceptors (Lipinski definition) is 7. The van der Waals surface area contributed by atoms with Gasteiger partial charge in [-0.25, -0.2) is 26.6 Å². The minimum atomic E-state index is -4.47. The van der Waals surface area contributed by atoms with E-state index in [9.17, 15) is 12.8 Å². The van der Waals surface area contributed by atoms with Gasteiger partial charge in [-0.05, 0) is 75.3 Å². The second-order valence-corrected chi connectivity index (χ2v) is 13.3. The third kappa shape index (κ3) is 6.37. The van der Waals surface area contributed by atoms with Crippen LogP contribution in [0.2, 0.25) is 5.02 Å². The third-order valence-electron chi connectivity index (χ3n) is 7.92. The summed E-state index contributed by atoms with van der Waals surface area (Å²) >= 11 is 5.89. The molecule has 4 N–H and O–H groups in total. The molecule has 1 aliphatic carbocycles. The van der Waals surface area contributed by atoms with Gasteiger partial charge in [0, 0.05) is 43.6 Å². The summed E-state index contributed by atoms with van der Waals surface area (Å²) in [6, 6.07) is 4.49. The Kier molecular flexibility index (Phi) is 9.40. The molecule has 1 fully saturated rings. The largest absolute Gasteiger partial charge is 0.383 e. The van der Waals surface area contributed by atoms with Crippen LogP contribution in [0.15, 0.2) is 41.4 Å². The van der Waals surface area contributed by atoms with Crippen molar-refractivity contribution < 1.29 is 26.3 Å². The summed E-state index contributed by atoms with van der Waals surface area (Å²) in [7, 11) is -2.80. The van der Waals surface area contributed by atoms with Crippen LogP contribution in [0.5, 0.6) is 0 Å². The van der Waals surface area contributed by atoms with Crippen LogP contribution in [0.3, 0.4) is 0 Å². The highest BCUT2D eigenvalue weighted by Crippen LogP contribution is 2.42. The maximum atomic E-state index is 15.7. The molecule has 0 aliphatic heterocycles. The van der Waals surface area contributed by atoms with Crippen molar-refractivity contribution in [3.63, 3.8) is 0 Å². The van der Waals surface area contributed by atoms with Crippen LogP contribution in [-0.4, -0.2) is 49.5 Å². The standard InChI is InChI=1S/C30H34ClF3N6O3S/c1-16(2)40-29-21(17-4-7-19(8-5-17)36-10-11-43-3)15-37-30(35)27(29)28(38-40)20-13-24(34)25(14-23(20)33)39-44(41,42)26-9-6-18(32)12-22(26)31/h6,9,12-17,19,36,39H,4-5,7-8,10-11H2,1-3H3,(H2,35,37)/t17-,19-. The van der Waals surface area contributed by atoms with Gasteiger partial charge in [0.1, 0.15) is 33.9 Å². The molecule has 0 atom stereocenters. The average Bonchev–Trinajstić information content (AvgIpc) is 3.37. The second kappa shape index (κ2) is 12.9. The van der Waals surface area contributed by atoms with E-state index in [1.54, 1.807) is 18.0 Å². The van der Waals surface area contributed by atoms with Crippen LogP contribution in [0, 0.1) is 17.5 Å². The lowest BCUT2D eigenvalue weighted by Gasteiger charge is -2.30. The minimum Gasteiger partial charge on any atom is -0.383 e. The lowest BCUT2D eigenvalue weighted by molar-refractivity contribution is 0.191. The Labute approximate surface area is 259 Å². The van der Waals surface area contributed by atoms with E-state index in [-0.39, 0.29) is 29.0 Å². The number of nitrogen functional groups attached to an aromatic ring is 1. The normalized spacial score (nSPS) is 17.5. The number of aromatic nitrogens is 3. The predicted octanol–water partition coefficient (Wildman–Crippen LogP) is 6.40. The smallest absolute Gasteiger partial charge is 0.263 e. The molecule has 1 aliphatic rings. The summed E-state index contributed by atoms with van der Waals surface area (Å²) in [5.41, 5.74) is 7.26. The van der Waals surface area contributed by atoms with Gasteiger partial charge in [-0.3, -0.25) is 9.40 Å². The van der Waals surface area contributed by atoms with E-state index in [0.717, 1.165) is 68.1 Å². The molecule has 9 nitrogen and oxygen atoms in total. The van der Waals surface area contributed by atoms with E-state index in [1.807, 2.05) is 18.6 Å². The molecule has 0 unspecified atom stereocenters. The van der Waals surface area contributed by atoms with Crippen LogP contribution in [0.4, 0.5) is 24.7 Å². The summed E-state index contributed by atoms with van der Waals surface area (Å²) in [6.07, 6.45) is 5.48. The fourth-order valence-corrected chi connectivity index (χ4v) is 7.34. The number of nitrogens with one attached hydrogen (secondary N) is 2. The van der Waals surface area contributed by atoms with Crippen molar-refractivity contribution in [1.29, 1.82) is 0 Å². The molecule has 0 radical (unpaired) electrons. The summed E-state index contributed by atoms with van der Waals surface area (Å²) in [4.78, 5) is 3.94. The van der Waals surface area contributed by atoms with Crippen LogP contribution >= 0.6 is 11.6 Å². The third-order valence-corrected chi connectivity index (χ3v) is 9.77. The number of anilines is 2. The van der Waals surface area contributed by atoms with Crippen LogP contribution in [-0.2, 0) is 14.8 Å². The van der Waals surface area contributed by atoms with Crippen molar-refractivity contribution in [3.8, 4) is 11.3 Å². The van der Waals surface area contributed by atoms with Gasteiger partial charge in [-0.1, -0.05) is 11.6 Å². The highest BCUT2D eigenvalue weighted by atomic mass is 35.5. The van der Waals surface area contributed by atoms with Gasteiger partial charge in [0.2, 0.25) is 0 Å². The predicted molar refractivity (Wildman–Crippen MR) is 165 cm³/mol. The molecule has 0 saturated heterocycles. The SMILES string of the molecule is COCCN[C@H]1CC[C@H](c2cnc(N)c3c(-c4cc(F)c(NS(=O)(=O)c5ccc(F)cc5Cl)cc4F)nn(C(C)C)c32)CC1. The van der Waals surface area contributed by atoms with Crippen molar-refractivity contribution >= 4 is 44.0 Å². The zero-order valence-corrected chi connectivity index (χ0v) is 26.1. The van der Waals surface area contributed by atoms with Crippen LogP contribution < -0.4 is 15.8 Å². The monoisotopic (exact) mass is 650 g/mol. The van der Waals surface area contributed by atoms with Crippen molar-refractivity contribution in [2.24, 2.45) is 0 Å². The van der Waals surface area contributed by atoms with E-state index in [0.29, 0.717) is 23.6 Å². The number of sulfonamides is 1. The number of methoxy groups -OCH3 is 1. The molecule has 5 rings (SSSR count). The molecule has 236 valence electrons. The number of rotatable bonds is 10. The van der Waals surface area contributed by atoms with E-state index in [1.165, 1.54) is 0 Å². The van der Waals surface area contributed by atoms with E-state index in [2.05, 4.69) is 15.4 Å². The molecular weight excluding hydrogens is 617 g/mol. The Morgan fingerprint density at radius 2 is 1.84 bits per heavy atom. The summed E-state index contributed by atoms with van der Waals surface area (Å²) < 4.78 is 79.2. The number of nitrogens with zero attached hydrogens (tertiary/aromatic N) is 3. The zero-order chi connectivity index (χ0) is 31.8. The molecule has 1 saturated carbocycles. The molecule has 4 aromatic rings. The second-order valence-electron chi connectivity index (χ2n) is 11.2. The van der Waals surface area contributed by atoms with Gasteiger partial charge in [-0.2, -0.15) is 5.10 Å². The number of ether oxygens (including phenoxy) is 1. The van der Waals surface area contributed by atoms with E-state index >= 15 is 8.78 Å². The maximum Gasteiger partial charge on any atom is 0.263 e. The van der Waals surface area contributed by atoms with Crippen molar-refractivity contribution in [3.05, 3.63) is 64.6 Å². The molecule has 0 spiro atoms. The molecule has 2 aromatic heterocycles. The number of pyridine rings is 1. The van der Waals surface area contributed by atoms with Gasteiger partial charge in [-0.15, -0.1) is 0 Å². The lowest BCUT2D eigenvalue weighted by atomic mass is 9.81. The molecule has 2 aromatic carbocycles. The van der Waals surface area contributed by atoms with Crippen molar-refractivity contribution in [2.75, 3.05) is 30.7 Å². The van der Waals surface area contributed by atoms with E-state index in [4.69, 9.17) is 22.1 Å². The fraction of sp³-hybridized carbons (Fsp3) is 0.400. The van der Waals surface area contributed by atoms with Gasteiger partial charge >= 0.3 is 0 Å². The van der Waals surface area contributed by atoms with Crippen molar-refractivity contribution in [1.82, 2.24) is 20.1 Å². The first-order valence-electron chi connectivity index (χ1n) is 14.3. The first-order chi connectivity index (χ1) is 20.9. The summed E-state index contributed by atoms with van der Waals surface area (Å²) in [6.45, 7) is 5.29. The fourth-order valence-electron chi connectivity index (χ4n) is 5.75. The Bertz CT molecular complexity index is 1790. The summed E-state index contributed by atoms with van der Waals surface area (Å²) in [5.74, 6) is -2.45. The zero-order valence-electron chi connectivity index (χ0n) is 24.5. The molecule has 0 bridgehead atoms. The molecule has 14 heteroatoms. The quantitative estimate of drug-likeness (QED) is 0.170. The highest BCUT2D eigenvalue weighted by molar-refractivity contribution is 7.92. The van der Waals surface area contributed by atoms with E-state index < -0.39 is 43.1 Å². The molecule has 0 amide bonds. The van der Waals surface area contributed by atoms with Crippen LogP contribution in [0.1, 0.15) is 57.1 Å². The Morgan fingerprint density at radius 3 is 2.50 bits per heavy atom. The highest BCUT2D eigenvalue weighted by Gasteiger charge is 2.29. The molecular formula is C30H34ClF3N6O3S. The van der Waals surface area contributed by atoms with Crippen LogP contribution in [0.25, 0.3) is 22.2 Å². The summed E-state index contributed by atoms with van der Waals surface area (Å²) in [5, 5.41) is 8.20. The number of fused-ring (bicyclic) bond motifs is 1. The lowest BCUT2D eigenvalue weighted by Crippen LogP contribution is -2.34. The van der Waals surface area contributed by atoms with Gasteiger partial charge in [0.05, 0.1) is 28.2 Å². The van der Waals surface area contributed by atoms with Gasteiger partial charge in [0.25, 0.3) is 10.0 Å². The minimum absolute atomic E-state index is 0.0999. The molecule has 44 heavy (non-hydrogen) atoms.